The zero-order valence-corrected chi connectivity index (χ0v) is 5.70. The molecule has 3 heteroatoms. The number of rotatable bonds is 1. The summed E-state index contributed by atoms with van der Waals surface area (Å²) in [4.78, 5) is 7.77. The van der Waals surface area contributed by atoms with Crippen molar-refractivity contribution in [1.82, 2.24) is 9.97 Å². The molecule has 0 aliphatic rings. The van der Waals surface area contributed by atoms with E-state index in [9.17, 15) is 0 Å². The van der Waals surface area contributed by atoms with E-state index < -0.39 is 0 Å². The molecular formula is C7H8N2O. The number of nitrogens with zero attached hydrogens (tertiary/aromatic N) is 2. The van der Waals surface area contributed by atoms with Gasteiger partial charge in [0.15, 0.2) is 0 Å². The summed E-state index contributed by atoms with van der Waals surface area (Å²) < 4.78 is 0. The Labute approximate surface area is 59.1 Å². The summed E-state index contributed by atoms with van der Waals surface area (Å²) in [6, 6.07) is 1.61. The average Bonchev–Trinajstić information content (AvgIpc) is 1.88. The number of aliphatic hydroxyl groups is 1. The maximum absolute atomic E-state index is 8.86. The van der Waals surface area contributed by atoms with Gasteiger partial charge in [-0.2, -0.15) is 0 Å². The first-order valence-electron chi connectivity index (χ1n) is 2.88. The molecule has 0 saturated carbocycles. The Bertz CT molecular complexity index is 258. The van der Waals surface area contributed by atoms with Crippen molar-refractivity contribution in [3.8, 4) is 0 Å². The van der Waals surface area contributed by atoms with Gasteiger partial charge in [0.05, 0.1) is 0 Å². The van der Waals surface area contributed by atoms with Gasteiger partial charge in [-0.1, -0.05) is 6.58 Å². The minimum absolute atomic E-state index is 0.0227. The number of aliphatic hydroxyl groups excluding tert-OH is 1. The van der Waals surface area contributed by atoms with Crippen molar-refractivity contribution in [2.75, 3.05) is 0 Å². The van der Waals surface area contributed by atoms with Crippen LogP contribution in [-0.4, -0.2) is 15.1 Å². The zero-order valence-electron chi connectivity index (χ0n) is 5.70. The summed E-state index contributed by atoms with van der Waals surface area (Å²) in [6.45, 7) is 5.09. The summed E-state index contributed by atoms with van der Waals surface area (Å²) in [6.07, 6.45) is 1.58. The fraction of sp³-hybridized carbons (Fsp3) is 0.143. The average molecular weight is 136 g/mol. The van der Waals surface area contributed by atoms with E-state index in [4.69, 9.17) is 5.11 Å². The van der Waals surface area contributed by atoms with Crippen LogP contribution in [0, 0.1) is 6.92 Å². The summed E-state index contributed by atoms with van der Waals surface area (Å²) >= 11 is 0. The molecule has 1 N–H and O–H groups in total. The highest BCUT2D eigenvalue weighted by Gasteiger charge is 1.95. The largest absolute Gasteiger partial charge is 0.506 e. The van der Waals surface area contributed by atoms with Crippen molar-refractivity contribution >= 4 is 5.76 Å². The van der Waals surface area contributed by atoms with Gasteiger partial charge in [0.25, 0.3) is 0 Å². The molecule has 0 aliphatic heterocycles. The van der Waals surface area contributed by atoms with E-state index in [1.165, 1.54) is 0 Å². The lowest BCUT2D eigenvalue weighted by Crippen LogP contribution is -1.91. The van der Waals surface area contributed by atoms with E-state index in [2.05, 4.69) is 16.5 Å². The lowest BCUT2D eigenvalue weighted by atomic mass is 10.3. The van der Waals surface area contributed by atoms with Gasteiger partial charge in [-0.25, -0.2) is 9.97 Å². The van der Waals surface area contributed by atoms with Crippen molar-refractivity contribution in [3.63, 3.8) is 0 Å². The fourth-order valence-electron chi connectivity index (χ4n) is 0.617. The van der Waals surface area contributed by atoms with Crippen molar-refractivity contribution in [2.45, 2.75) is 6.92 Å². The van der Waals surface area contributed by atoms with Crippen LogP contribution in [0.15, 0.2) is 18.8 Å². The van der Waals surface area contributed by atoms with Gasteiger partial charge in [-0.05, 0) is 13.0 Å². The molecule has 1 aromatic heterocycles. The molecule has 1 aromatic rings. The standard InChI is InChI=1S/C7H8N2O/c1-5(10)7-3-4-8-6(2)9-7/h3-4,10H,1H2,2H3. The van der Waals surface area contributed by atoms with Crippen molar-refractivity contribution in [1.29, 1.82) is 0 Å². The van der Waals surface area contributed by atoms with Crippen LogP contribution in [0.1, 0.15) is 11.5 Å². The number of aromatic nitrogens is 2. The van der Waals surface area contributed by atoms with Crippen LogP contribution in [0.2, 0.25) is 0 Å². The summed E-state index contributed by atoms with van der Waals surface area (Å²) in [5, 5.41) is 8.86. The molecule has 0 saturated heterocycles. The molecular weight excluding hydrogens is 128 g/mol. The van der Waals surface area contributed by atoms with Crippen LogP contribution in [0.25, 0.3) is 5.76 Å². The van der Waals surface area contributed by atoms with Crippen LogP contribution < -0.4 is 0 Å². The number of hydrogen-bond acceptors (Lipinski definition) is 3. The smallest absolute Gasteiger partial charge is 0.134 e. The van der Waals surface area contributed by atoms with Crippen LogP contribution in [0.5, 0.6) is 0 Å². The second-order valence-electron chi connectivity index (χ2n) is 1.94. The van der Waals surface area contributed by atoms with Crippen LogP contribution in [0.4, 0.5) is 0 Å². The minimum atomic E-state index is -0.0227. The Hall–Kier alpha value is -1.38. The molecule has 10 heavy (non-hydrogen) atoms. The molecule has 3 nitrogen and oxygen atoms in total. The Kier molecular flexibility index (Phi) is 1.67. The van der Waals surface area contributed by atoms with E-state index in [0.29, 0.717) is 11.5 Å². The topological polar surface area (TPSA) is 46.0 Å². The summed E-state index contributed by atoms with van der Waals surface area (Å²) in [7, 11) is 0. The Morgan fingerprint density at radius 3 is 2.80 bits per heavy atom. The lowest BCUT2D eigenvalue weighted by molar-refractivity contribution is 0.510. The van der Waals surface area contributed by atoms with Gasteiger partial charge in [0.2, 0.25) is 0 Å². The maximum Gasteiger partial charge on any atom is 0.134 e. The third kappa shape index (κ3) is 1.31. The second-order valence-corrected chi connectivity index (χ2v) is 1.94. The third-order valence-corrected chi connectivity index (χ3v) is 1.07. The fourth-order valence-corrected chi connectivity index (χ4v) is 0.617. The van der Waals surface area contributed by atoms with Crippen LogP contribution in [0.3, 0.4) is 0 Å². The van der Waals surface area contributed by atoms with E-state index >= 15 is 0 Å². The predicted octanol–water partition coefficient (Wildman–Crippen LogP) is 1.31. The molecule has 0 atom stereocenters. The number of aryl methyl sites for hydroxylation is 1. The zero-order chi connectivity index (χ0) is 7.56. The quantitative estimate of drug-likeness (QED) is 0.592. The molecule has 0 aromatic carbocycles. The van der Waals surface area contributed by atoms with Crippen molar-refractivity contribution in [2.24, 2.45) is 0 Å². The van der Waals surface area contributed by atoms with Crippen molar-refractivity contribution in [3.05, 3.63) is 30.4 Å². The normalized spacial score (nSPS) is 9.30. The molecule has 1 heterocycles. The highest BCUT2D eigenvalue weighted by molar-refractivity contribution is 5.50. The highest BCUT2D eigenvalue weighted by atomic mass is 16.3. The van der Waals surface area contributed by atoms with E-state index in [1.807, 2.05) is 0 Å². The minimum Gasteiger partial charge on any atom is -0.506 e. The lowest BCUT2D eigenvalue weighted by Gasteiger charge is -1.95. The van der Waals surface area contributed by atoms with Gasteiger partial charge in [0, 0.05) is 6.20 Å². The molecule has 0 bridgehead atoms. The molecule has 0 radical (unpaired) electrons. The SMILES string of the molecule is C=C(O)c1ccnc(C)n1. The number of hydrogen-bond donors (Lipinski definition) is 1. The van der Waals surface area contributed by atoms with Crippen LogP contribution in [-0.2, 0) is 0 Å². The van der Waals surface area contributed by atoms with E-state index in [1.54, 1.807) is 19.2 Å². The molecule has 0 spiro atoms. The molecule has 1 rings (SSSR count). The molecule has 0 aliphatic carbocycles. The first kappa shape index (κ1) is 6.74. The van der Waals surface area contributed by atoms with Crippen molar-refractivity contribution < 1.29 is 5.11 Å². The second kappa shape index (κ2) is 2.47. The first-order chi connectivity index (χ1) is 4.70. The summed E-state index contributed by atoms with van der Waals surface area (Å²) in [5.41, 5.74) is 0.479. The third-order valence-electron chi connectivity index (χ3n) is 1.07. The maximum atomic E-state index is 8.86. The van der Waals surface area contributed by atoms with Gasteiger partial charge < -0.3 is 5.11 Å². The Balaban J connectivity index is 3.07. The highest BCUT2D eigenvalue weighted by Crippen LogP contribution is 2.02. The van der Waals surface area contributed by atoms with Gasteiger partial charge in [-0.15, -0.1) is 0 Å². The van der Waals surface area contributed by atoms with E-state index in [0.717, 1.165) is 0 Å². The monoisotopic (exact) mass is 136 g/mol. The molecule has 0 unspecified atom stereocenters. The van der Waals surface area contributed by atoms with Crippen LogP contribution >= 0.6 is 0 Å². The molecule has 52 valence electrons. The summed E-state index contributed by atoms with van der Waals surface area (Å²) in [5.74, 6) is 0.609. The Morgan fingerprint density at radius 1 is 1.70 bits per heavy atom. The Morgan fingerprint density at radius 2 is 2.40 bits per heavy atom. The van der Waals surface area contributed by atoms with Gasteiger partial charge in [-0.3, -0.25) is 0 Å². The predicted molar refractivity (Wildman–Crippen MR) is 38.4 cm³/mol. The van der Waals surface area contributed by atoms with Gasteiger partial charge >= 0.3 is 0 Å². The molecule has 0 amide bonds. The van der Waals surface area contributed by atoms with E-state index in [-0.39, 0.29) is 5.76 Å². The molecule has 0 fully saturated rings. The van der Waals surface area contributed by atoms with Gasteiger partial charge in [0.1, 0.15) is 17.3 Å². The first-order valence-corrected chi connectivity index (χ1v) is 2.88.